The maximum Gasteiger partial charge on any atom is 0.220 e. The van der Waals surface area contributed by atoms with Gasteiger partial charge in [0.1, 0.15) is 5.82 Å². The van der Waals surface area contributed by atoms with E-state index in [-0.39, 0.29) is 11.3 Å². The summed E-state index contributed by atoms with van der Waals surface area (Å²) < 4.78 is 2.22. The summed E-state index contributed by atoms with van der Waals surface area (Å²) in [4.78, 5) is 16.9. The molecule has 3 rings (SSSR count). The number of rotatable bonds is 7. The van der Waals surface area contributed by atoms with Crippen molar-refractivity contribution in [3.8, 4) is 0 Å². The van der Waals surface area contributed by atoms with Crippen LogP contribution < -0.4 is 5.32 Å². The maximum atomic E-state index is 12.3. The number of hydrogen-bond acceptors (Lipinski definition) is 2. The first-order valence-electron chi connectivity index (χ1n) is 9.21. The number of amides is 1. The van der Waals surface area contributed by atoms with E-state index in [1.165, 1.54) is 5.56 Å². The zero-order valence-corrected chi connectivity index (χ0v) is 15.8. The second-order valence-electron chi connectivity index (χ2n) is 7.43. The summed E-state index contributed by atoms with van der Waals surface area (Å²) in [6, 6.07) is 18.4. The molecule has 0 saturated heterocycles. The fourth-order valence-corrected chi connectivity index (χ4v) is 3.40. The Bertz CT molecular complexity index is 881. The number of carbonyl (C=O) groups is 1. The van der Waals surface area contributed by atoms with E-state index >= 15 is 0 Å². The minimum absolute atomic E-state index is 0.103. The highest BCUT2D eigenvalue weighted by atomic mass is 16.1. The Morgan fingerprint density at radius 1 is 1.08 bits per heavy atom. The molecule has 0 saturated carbocycles. The number of nitrogens with one attached hydrogen (secondary N) is 1. The third-order valence-corrected chi connectivity index (χ3v) is 4.88. The lowest BCUT2D eigenvalue weighted by Gasteiger charge is -2.24. The first kappa shape index (κ1) is 18.2. The summed E-state index contributed by atoms with van der Waals surface area (Å²) >= 11 is 0. The van der Waals surface area contributed by atoms with Crippen LogP contribution in [-0.2, 0) is 16.8 Å². The predicted molar refractivity (Wildman–Crippen MR) is 106 cm³/mol. The van der Waals surface area contributed by atoms with E-state index in [1.54, 1.807) is 0 Å². The molecule has 0 bridgehead atoms. The summed E-state index contributed by atoms with van der Waals surface area (Å²) in [5.41, 5.74) is 3.21. The molecule has 3 aromatic rings. The fraction of sp³-hybridized carbons (Fsp3) is 0.364. The van der Waals surface area contributed by atoms with Crippen molar-refractivity contribution in [3.63, 3.8) is 0 Å². The van der Waals surface area contributed by atoms with Gasteiger partial charge in [0.05, 0.1) is 11.0 Å². The van der Waals surface area contributed by atoms with Crippen LogP contribution in [0.5, 0.6) is 0 Å². The largest absolute Gasteiger partial charge is 0.356 e. The molecule has 0 fully saturated rings. The second-order valence-corrected chi connectivity index (χ2v) is 7.43. The highest BCUT2D eigenvalue weighted by molar-refractivity contribution is 5.77. The van der Waals surface area contributed by atoms with Gasteiger partial charge in [0.25, 0.3) is 0 Å². The Labute approximate surface area is 155 Å². The molecule has 0 aliphatic carbocycles. The van der Waals surface area contributed by atoms with Crippen molar-refractivity contribution in [2.45, 2.75) is 45.6 Å². The Balaban J connectivity index is 1.50. The van der Waals surface area contributed by atoms with E-state index < -0.39 is 0 Å². The minimum atomic E-state index is -0.164. The monoisotopic (exact) mass is 349 g/mol. The molecular formula is C22H27N3O. The van der Waals surface area contributed by atoms with Crippen LogP contribution in [0.25, 0.3) is 11.0 Å². The third kappa shape index (κ3) is 4.13. The molecule has 2 aromatic carbocycles. The molecule has 0 aliphatic rings. The summed E-state index contributed by atoms with van der Waals surface area (Å²) in [5, 5.41) is 3.07. The standard InChI is InChI=1S/C22H27N3O/c1-17-24-19-12-7-8-13-20(19)25(17)15-9-14-23-21(26)16-22(2,3)18-10-5-4-6-11-18/h4-8,10-13H,9,14-16H2,1-3H3,(H,23,26). The second kappa shape index (κ2) is 7.73. The lowest BCUT2D eigenvalue weighted by Crippen LogP contribution is -2.32. The van der Waals surface area contributed by atoms with Crippen molar-refractivity contribution in [2.75, 3.05) is 6.54 Å². The predicted octanol–water partition coefficient (Wildman–Crippen LogP) is 4.22. The number of imidazole rings is 1. The highest BCUT2D eigenvalue weighted by Gasteiger charge is 2.23. The topological polar surface area (TPSA) is 46.9 Å². The van der Waals surface area contributed by atoms with Crippen molar-refractivity contribution >= 4 is 16.9 Å². The number of aromatic nitrogens is 2. The van der Waals surface area contributed by atoms with Gasteiger partial charge in [-0.25, -0.2) is 4.98 Å². The molecule has 0 aliphatic heterocycles. The number of hydrogen-bond donors (Lipinski definition) is 1. The normalized spacial score (nSPS) is 11.7. The average molecular weight is 349 g/mol. The molecule has 4 nitrogen and oxygen atoms in total. The molecule has 136 valence electrons. The van der Waals surface area contributed by atoms with E-state index in [2.05, 4.69) is 46.9 Å². The molecule has 26 heavy (non-hydrogen) atoms. The number of para-hydroxylation sites is 2. The van der Waals surface area contributed by atoms with E-state index in [4.69, 9.17) is 0 Å². The number of aryl methyl sites for hydroxylation is 2. The lowest BCUT2D eigenvalue weighted by molar-refractivity contribution is -0.122. The SMILES string of the molecule is Cc1nc2ccccc2n1CCCNC(=O)CC(C)(C)c1ccccc1. The first-order chi connectivity index (χ1) is 12.5. The van der Waals surface area contributed by atoms with Crippen LogP contribution in [0.4, 0.5) is 0 Å². The summed E-state index contributed by atoms with van der Waals surface area (Å²) in [6.07, 6.45) is 1.38. The maximum absolute atomic E-state index is 12.3. The summed E-state index contributed by atoms with van der Waals surface area (Å²) in [7, 11) is 0. The van der Waals surface area contributed by atoms with Gasteiger partial charge < -0.3 is 9.88 Å². The first-order valence-corrected chi connectivity index (χ1v) is 9.21. The molecule has 1 aromatic heterocycles. The van der Waals surface area contributed by atoms with E-state index in [9.17, 15) is 4.79 Å². The van der Waals surface area contributed by atoms with Crippen LogP contribution >= 0.6 is 0 Å². The molecule has 0 radical (unpaired) electrons. The van der Waals surface area contributed by atoms with Crippen molar-refractivity contribution in [2.24, 2.45) is 0 Å². The number of benzene rings is 2. The minimum Gasteiger partial charge on any atom is -0.356 e. The van der Waals surface area contributed by atoms with Crippen molar-refractivity contribution < 1.29 is 4.79 Å². The zero-order valence-electron chi connectivity index (χ0n) is 15.8. The van der Waals surface area contributed by atoms with Gasteiger partial charge in [-0.3, -0.25) is 4.79 Å². The summed E-state index contributed by atoms with van der Waals surface area (Å²) in [6.45, 7) is 7.79. The Morgan fingerprint density at radius 3 is 2.54 bits per heavy atom. The van der Waals surface area contributed by atoms with E-state index in [1.807, 2.05) is 43.3 Å². The van der Waals surface area contributed by atoms with Gasteiger partial charge >= 0.3 is 0 Å². The van der Waals surface area contributed by atoms with Gasteiger partial charge in [-0.15, -0.1) is 0 Å². The van der Waals surface area contributed by atoms with Crippen molar-refractivity contribution in [3.05, 3.63) is 66.0 Å². The van der Waals surface area contributed by atoms with E-state index in [0.717, 1.165) is 29.8 Å². The zero-order chi connectivity index (χ0) is 18.6. The van der Waals surface area contributed by atoms with Gasteiger partial charge in [0.2, 0.25) is 5.91 Å². The van der Waals surface area contributed by atoms with Gasteiger partial charge in [-0.05, 0) is 36.5 Å². The molecule has 1 amide bonds. The lowest BCUT2D eigenvalue weighted by atomic mass is 9.81. The van der Waals surface area contributed by atoms with Crippen LogP contribution in [0, 0.1) is 6.92 Å². The van der Waals surface area contributed by atoms with Crippen LogP contribution in [0.3, 0.4) is 0 Å². The number of nitrogens with zero attached hydrogens (tertiary/aromatic N) is 2. The Morgan fingerprint density at radius 2 is 1.77 bits per heavy atom. The Kier molecular flexibility index (Phi) is 5.40. The average Bonchev–Trinajstić information content (AvgIpc) is 2.94. The highest BCUT2D eigenvalue weighted by Crippen LogP contribution is 2.26. The summed E-state index contributed by atoms with van der Waals surface area (Å²) in [5.74, 6) is 1.12. The number of fused-ring (bicyclic) bond motifs is 1. The Hall–Kier alpha value is -2.62. The molecule has 4 heteroatoms. The quantitative estimate of drug-likeness (QED) is 0.649. The molecule has 0 unspecified atom stereocenters. The molecule has 0 atom stereocenters. The van der Waals surface area contributed by atoms with Gasteiger partial charge in [0, 0.05) is 19.5 Å². The van der Waals surface area contributed by atoms with Gasteiger partial charge in [-0.1, -0.05) is 56.3 Å². The van der Waals surface area contributed by atoms with Gasteiger partial charge in [-0.2, -0.15) is 0 Å². The van der Waals surface area contributed by atoms with Gasteiger partial charge in [0.15, 0.2) is 0 Å². The molecule has 1 N–H and O–H groups in total. The smallest absolute Gasteiger partial charge is 0.220 e. The molecule has 1 heterocycles. The molecular weight excluding hydrogens is 322 g/mol. The van der Waals surface area contributed by atoms with Crippen molar-refractivity contribution in [1.82, 2.24) is 14.9 Å². The van der Waals surface area contributed by atoms with Crippen LogP contribution in [0.1, 0.15) is 38.1 Å². The molecule has 0 spiro atoms. The van der Waals surface area contributed by atoms with Crippen LogP contribution in [-0.4, -0.2) is 22.0 Å². The number of carbonyl (C=O) groups excluding carboxylic acids is 1. The van der Waals surface area contributed by atoms with Crippen LogP contribution in [0.15, 0.2) is 54.6 Å². The van der Waals surface area contributed by atoms with Crippen molar-refractivity contribution in [1.29, 1.82) is 0 Å². The third-order valence-electron chi connectivity index (χ3n) is 4.88. The fourth-order valence-electron chi connectivity index (χ4n) is 3.40. The van der Waals surface area contributed by atoms with E-state index in [0.29, 0.717) is 13.0 Å². The van der Waals surface area contributed by atoms with Crippen LogP contribution in [0.2, 0.25) is 0 Å².